The van der Waals surface area contributed by atoms with Gasteiger partial charge in [-0.1, -0.05) is 135 Å². The highest BCUT2D eigenvalue weighted by atomic mass is 16.4. The van der Waals surface area contributed by atoms with Crippen molar-refractivity contribution in [3.63, 3.8) is 0 Å². The van der Waals surface area contributed by atoms with Crippen LogP contribution >= 0.6 is 0 Å². The SMILES string of the molecule is C1=CC(C2N=C(c3cccc4c3oc3ccc(-c5cccc6c5C5CC7C(C=C5C65CCCCC5)C5=CCCC=C5C75CCCCC5)cc34)Nc3oc4ccccc4c32)=CCC1. The van der Waals surface area contributed by atoms with Crippen LogP contribution in [-0.2, 0) is 5.41 Å². The van der Waals surface area contributed by atoms with Crippen molar-refractivity contribution in [1.82, 2.24) is 0 Å². The molecule has 8 aliphatic rings. The summed E-state index contributed by atoms with van der Waals surface area (Å²) in [6.07, 6.45) is 34.6. The number of furan rings is 2. The first kappa shape index (κ1) is 35.9. The number of fused-ring (bicyclic) bond motifs is 16. The molecular weight excluding hydrogens is 757 g/mol. The van der Waals surface area contributed by atoms with Crippen molar-refractivity contribution >= 4 is 44.6 Å². The quantitative estimate of drug-likeness (QED) is 0.181. The summed E-state index contributed by atoms with van der Waals surface area (Å²) in [6, 6.07) is 29.1. The fourth-order valence-corrected chi connectivity index (χ4v) is 14.7. The minimum absolute atomic E-state index is 0.163. The summed E-state index contributed by atoms with van der Waals surface area (Å²) in [4.78, 5) is 5.48. The topological polar surface area (TPSA) is 50.7 Å². The molecule has 62 heavy (non-hydrogen) atoms. The number of amidine groups is 1. The minimum Gasteiger partial charge on any atom is -0.455 e. The molecule has 2 spiro atoms. The third-order valence-electron chi connectivity index (χ3n) is 17.2. The molecule has 4 unspecified atom stereocenters. The predicted molar refractivity (Wildman–Crippen MR) is 253 cm³/mol. The molecule has 1 aliphatic heterocycles. The van der Waals surface area contributed by atoms with E-state index in [-0.39, 0.29) is 11.5 Å². The Kier molecular flexibility index (Phi) is 7.79. The monoisotopic (exact) mass is 810 g/mol. The van der Waals surface area contributed by atoms with E-state index < -0.39 is 0 Å². The maximum atomic E-state index is 6.88. The molecule has 4 atom stereocenters. The van der Waals surface area contributed by atoms with E-state index in [1.807, 2.05) is 6.07 Å². The van der Waals surface area contributed by atoms with Crippen molar-refractivity contribution in [2.75, 3.05) is 5.32 Å². The molecular formula is C58H54N2O2. The normalized spacial score (nSPS) is 26.5. The van der Waals surface area contributed by atoms with Crippen LogP contribution in [0.15, 0.2) is 151 Å². The van der Waals surface area contributed by atoms with Crippen LogP contribution < -0.4 is 5.32 Å². The van der Waals surface area contributed by atoms with E-state index in [0.717, 1.165) is 68.6 Å². The number of hydrogen-bond donors (Lipinski definition) is 1. The highest BCUT2D eigenvalue weighted by Gasteiger charge is 2.60. The molecule has 0 radical (unpaired) electrons. The summed E-state index contributed by atoms with van der Waals surface area (Å²) in [5.41, 5.74) is 17.9. The van der Waals surface area contributed by atoms with Crippen LogP contribution in [0.1, 0.15) is 131 Å². The Hall–Kier alpha value is -5.61. The first-order valence-electron chi connectivity index (χ1n) is 24.1. The largest absolute Gasteiger partial charge is 0.455 e. The fourth-order valence-electron chi connectivity index (χ4n) is 14.7. The second kappa shape index (κ2) is 13.4. The van der Waals surface area contributed by atoms with Gasteiger partial charge in [-0.25, -0.2) is 0 Å². The smallest absolute Gasteiger partial charge is 0.205 e. The second-order valence-corrected chi connectivity index (χ2v) is 20.0. The standard InChI is InChI=1S/C58H54N2O2/c1-4-16-35(17-5-1)53-52-40-19-7-9-25-49(40)62-56(52)60-55(59-53)41-22-14-21-39-43-32-36(26-27-50(43)61-54(39)41)37-20-15-24-46-51(37)44-34-47-42(33-48(44)58(46)30-12-3-13-31-58)38-18-6-8-23-45(38)57(47)28-10-2-11-29-57/h4,7,9,14-27,32-33,42,44,47,53H,1-3,5-6,8,10-13,28-31,34H2,(H,59,60). The van der Waals surface area contributed by atoms with Gasteiger partial charge in [0.05, 0.1) is 11.1 Å². The van der Waals surface area contributed by atoms with Crippen LogP contribution in [0.25, 0.3) is 44.0 Å². The number of nitrogens with zero attached hydrogens (tertiary/aromatic N) is 1. The Balaban J connectivity index is 0.899. The van der Waals surface area contributed by atoms with E-state index in [9.17, 15) is 0 Å². The van der Waals surface area contributed by atoms with Gasteiger partial charge in [0.15, 0.2) is 0 Å². The average Bonchev–Trinajstić information content (AvgIpc) is 4.05. The first-order valence-corrected chi connectivity index (χ1v) is 24.1. The van der Waals surface area contributed by atoms with Gasteiger partial charge in [-0.3, -0.25) is 4.99 Å². The van der Waals surface area contributed by atoms with Crippen LogP contribution in [0.3, 0.4) is 0 Å². The van der Waals surface area contributed by atoms with E-state index >= 15 is 0 Å². The van der Waals surface area contributed by atoms with E-state index in [0.29, 0.717) is 23.2 Å². The number of para-hydroxylation sites is 2. The lowest BCUT2D eigenvalue weighted by atomic mass is 9.58. The number of rotatable bonds is 3. The molecule has 3 heterocycles. The van der Waals surface area contributed by atoms with Gasteiger partial charge < -0.3 is 14.2 Å². The molecule has 0 amide bonds. The molecule has 1 N–H and O–H groups in total. The summed E-state index contributed by atoms with van der Waals surface area (Å²) in [5.74, 6) is 3.35. The van der Waals surface area contributed by atoms with E-state index in [4.69, 9.17) is 13.8 Å². The van der Waals surface area contributed by atoms with Gasteiger partial charge in [-0.2, -0.15) is 0 Å². The lowest BCUT2D eigenvalue weighted by molar-refractivity contribution is 0.131. The summed E-state index contributed by atoms with van der Waals surface area (Å²) in [7, 11) is 0. The van der Waals surface area contributed by atoms with Crippen molar-refractivity contribution < 1.29 is 8.83 Å². The summed E-state index contributed by atoms with van der Waals surface area (Å²) in [6.45, 7) is 0. The van der Waals surface area contributed by atoms with Crippen LogP contribution in [0.2, 0.25) is 0 Å². The molecule has 3 saturated carbocycles. The number of hydrogen-bond acceptors (Lipinski definition) is 4. The molecule has 308 valence electrons. The summed E-state index contributed by atoms with van der Waals surface area (Å²) in [5, 5.41) is 7.04. The van der Waals surface area contributed by atoms with E-state index in [1.54, 1.807) is 27.8 Å². The highest BCUT2D eigenvalue weighted by Crippen LogP contribution is 2.70. The molecule has 0 bridgehead atoms. The molecule has 7 aliphatic carbocycles. The van der Waals surface area contributed by atoms with E-state index in [2.05, 4.69) is 115 Å². The summed E-state index contributed by atoms with van der Waals surface area (Å²) >= 11 is 0. The van der Waals surface area contributed by atoms with Crippen molar-refractivity contribution in [2.45, 2.75) is 114 Å². The third kappa shape index (κ3) is 4.93. The molecule has 4 nitrogen and oxygen atoms in total. The summed E-state index contributed by atoms with van der Waals surface area (Å²) < 4.78 is 13.4. The van der Waals surface area contributed by atoms with Gasteiger partial charge in [0.2, 0.25) is 5.88 Å². The third-order valence-corrected chi connectivity index (χ3v) is 17.2. The molecule has 14 rings (SSSR count). The lowest BCUT2D eigenvalue weighted by Crippen LogP contribution is -2.36. The zero-order chi connectivity index (χ0) is 40.6. The lowest BCUT2D eigenvalue weighted by Gasteiger charge is -2.45. The molecule has 0 saturated heterocycles. The average molecular weight is 811 g/mol. The fraction of sp³-hybridized carbons (Fsp3) is 0.362. The van der Waals surface area contributed by atoms with Gasteiger partial charge in [-0.15, -0.1) is 0 Å². The number of nitrogens with one attached hydrogen (secondary N) is 1. The van der Waals surface area contributed by atoms with Gasteiger partial charge in [-0.05, 0) is 132 Å². The predicted octanol–water partition coefficient (Wildman–Crippen LogP) is 15.7. The van der Waals surface area contributed by atoms with Crippen molar-refractivity contribution in [1.29, 1.82) is 0 Å². The van der Waals surface area contributed by atoms with Gasteiger partial charge in [0.1, 0.15) is 28.6 Å². The Morgan fingerprint density at radius 2 is 1.45 bits per heavy atom. The maximum absolute atomic E-state index is 6.88. The van der Waals surface area contributed by atoms with Crippen molar-refractivity contribution in [3.8, 4) is 11.1 Å². The zero-order valence-electron chi connectivity index (χ0n) is 35.6. The Morgan fingerprint density at radius 1 is 0.661 bits per heavy atom. The number of anilines is 1. The second-order valence-electron chi connectivity index (χ2n) is 20.0. The van der Waals surface area contributed by atoms with Crippen molar-refractivity contribution in [3.05, 3.63) is 160 Å². The van der Waals surface area contributed by atoms with Crippen LogP contribution in [0.5, 0.6) is 0 Å². The number of benzene rings is 4. The van der Waals surface area contributed by atoms with Gasteiger partial charge in [0.25, 0.3) is 0 Å². The van der Waals surface area contributed by atoms with E-state index in [1.165, 1.54) is 100 Å². The molecule has 3 fully saturated rings. The van der Waals surface area contributed by atoms with Crippen LogP contribution in [0, 0.1) is 17.3 Å². The van der Waals surface area contributed by atoms with Crippen LogP contribution in [0.4, 0.5) is 5.88 Å². The molecule has 4 heteroatoms. The molecule has 6 aromatic rings. The van der Waals surface area contributed by atoms with Crippen LogP contribution in [-0.4, -0.2) is 5.84 Å². The molecule has 2 aromatic heterocycles. The minimum atomic E-state index is -0.163. The zero-order valence-corrected chi connectivity index (χ0v) is 35.6. The Morgan fingerprint density at radius 3 is 2.34 bits per heavy atom. The van der Waals surface area contributed by atoms with Gasteiger partial charge >= 0.3 is 0 Å². The highest BCUT2D eigenvalue weighted by molar-refractivity contribution is 6.20. The number of aliphatic imine (C=N–C) groups is 1. The first-order chi connectivity index (χ1) is 30.7. The maximum Gasteiger partial charge on any atom is 0.205 e. The Labute approximate surface area is 364 Å². The molecule has 4 aromatic carbocycles. The van der Waals surface area contributed by atoms with Gasteiger partial charge in [0, 0.05) is 33.4 Å². The Bertz CT molecular complexity index is 3070. The number of allylic oxidation sites excluding steroid dienone is 8. The van der Waals surface area contributed by atoms with Crippen molar-refractivity contribution in [2.24, 2.45) is 22.2 Å².